The molecule has 0 radical (unpaired) electrons. The van der Waals surface area contributed by atoms with Gasteiger partial charge in [0.25, 0.3) is 0 Å². The van der Waals surface area contributed by atoms with E-state index in [4.69, 9.17) is 9.47 Å². The average Bonchev–Trinajstić information content (AvgIpc) is 2.53. The highest BCUT2D eigenvalue weighted by atomic mass is 16.5. The summed E-state index contributed by atoms with van der Waals surface area (Å²) in [5.74, 6) is 1.74. The smallest absolute Gasteiger partial charge is 0.190 e. The molecule has 0 atom stereocenters. The molecule has 5 nitrogen and oxygen atoms in total. The second kappa shape index (κ2) is 12.0. The van der Waals surface area contributed by atoms with Crippen molar-refractivity contribution in [1.29, 1.82) is 0 Å². The number of aliphatic imine (C=N–C) groups is 1. The number of ether oxygens (including phenoxy) is 2. The van der Waals surface area contributed by atoms with Gasteiger partial charge in [0.05, 0.1) is 6.61 Å². The van der Waals surface area contributed by atoms with Crippen LogP contribution in [0.4, 0.5) is 0 Å². The van der Waals surface area contributed by atoms with Crippen LogP contribution >= 0.6 is 0 Å². The van der Waals surface area contributed by atoms with Crippen molar-refractivity contribution in [1.82, 2.24) is 10.6 Å². The number of rotatable bonds is 10. The summed E-state index contributed by atoms with van der Waals surface area (Å²) in [4.78, 5) is 4.17. The van der Waals surface area contributed by atoms with Gasteiger partial charge in [-0.3, -0.25) is 4.99 Å². The van der Waals surface area contributed by atoms with Gasteiger partial charge in [0.2, 0.25) is 0 Å². The van der Waals surface area contributed by atoms with Crippen LogP contribution in [0.2, 0.25) is 0 Å². The lowest BCUT2D eigenvalue weighted by Gasteiger charge is -2.12. The van der Waals surface area contributed by atoms with Gasteiger partial charge in [0.15, 0.2) is 5.96 Å². The van der Waals surface area contributed by atoms with Crippen LogP contribution in [0.15, 0.2) is 35.3 Å². The lowest BCUT2D eigenvalue weighted by Crippen LogP contribution is -2.38. The van der Waals surface area contributed by atoms with E-state index >= 15 is 0 Å². The number of benzene rings is 1. The summed E-state index contributed by atoms with van der Waals surface area (Å²) in [7, 11) is 1.78. The molecule has 118 valence electrons. The van der Waals surface area contributed by atoms with Crippen LogP contribution < -0.4 is 15.4 Å². The number of hydrogen-bond acceptors (Lipinski definition) is 3. The topological polar surface area (TPSA) is 54.9 Å². The quantitative estimate of drug-likeness (QED) is 0.394. The molecule has 1 rings (SSSR count). The normalized spacial score (nSPS) is 11.2. The number of para-hydroxylation sites is 1. The van der Waals surface area contributed by atoms with E-state index in [1.54, 1.807) is 7.05 Å². The Hall–Kier alpha value is -1.75. The van der Waals surface area contributed by atoms with Crippen LogP contribution in [0.1, 0.15) is 19.8 Å². The Bertz CT molecular complexity index is 382. The van der Waals surface area contributed by atoms with E-state index in [2.05, 4.69) is 15.6 Å². The van der Waals surface area contributed by atoms with Crippen LogP contribution in [0.5, 0.6) is 5.75 Å². The van der Waals surface area contributed by atoms with Gasteiger partial charge in [-0.15, -0.1) is 0 Å². The second-order valence-electron chi connectivity index (χ2n) is 4.49. The van der Waals surface area contributed by atoms with Crippen LogP contribution in [0, 0.1) is 0 Å². The van der Waals surface area contributed by atoms with Gasteiger partial charge in [0, 0.05) is 33.4 Å². The zero-order valence-electron chi connectivity index (χ0n) is 13.1. The van der Waals surface area contributed by atoms with Crippen molar-refractivity contribution < 1.29 is 9.47 Å². The molecule has 0 heterocycles. The summed E-state index contributed by atoms with van der Waals surface area (Å²) >= 11 is 0. The van der Waals surface area contributed by atoms with Gasteiger partial charge in [0.1, 0.15) is 5.75 Å². The number of hydrogen-bond donors (Lipinski definition) is 2. The molecule has 0 saturated heterocycles. The molecule has 0 bridgehead atoms. The first kappa shape index (κ1) is 17.3. The van der Waals surface area contributed by atoms with Crippen LogP contribution in [-0.4, -0.2) is 45.9 Å². The van der Waals surface area contributed by atoms with Crippen molar-refractivity contribution in [3.63, 3.8) is 0 Å². The van der Waals surface area contributed by atoms with E-state index < -0.39 is 0 Å². The van der Waals surface area contributed by atoms with E-state index in [1.807, 2.05) is 37.3 Å². The molecule has 1 aromatic rings. The minimum atomic E-state index is 0.693. The Morgan fingerprint density at radius 1 is 1.05 bits per heavy atom. The predicted molar refractivity (Wildman–Crippen MR) is 87.0 cm³/mol. The van der Waals surface area contributed by atoms with Crippen molar-refractivity contribution in [3.05, 3.63) is 30.3 Å². The van der Waals surface area contributed by atoms with Crippen molar-refractivity contribution in [2.45, 2.75) is 19.8 Å². The summed E-state index contributed by atoms with van der Waals surface area (Å²) in [6, 6.07) is 9.86. The first-order valence-corrected chi connectivity index (χ1v) is 7.57. The monoisotopic (exact) mass is 293 g/mol. The van der Waals surface area contributed by atoms with Gasteiger partial charge in [-0.25, -0.2) is 0 Å². The molecular weight excluding hydrogens is 266 g/mol. The SMILES string of the molecule is CCOCCCNC(=NC)NCCCOc1ccccc1. The average molecular weight is 293 g/mol. The Morgan fingerprint density at radius 3 is 2.33 bits per heavy atom. The third-order valence-corrected chi connectivity index (χ3v) is 2.81. The summed E-state index contributed by atoms with van der Waals surface area (Å²) in [6.45, 7) is 5.95. The molecule has 0 aliphatic carbocycles. The minimum Gasteiger partial charge on any atom is -0.494 e. The Morgan fingerprint density at radius 2 is 1.71 bits per heavy atom. The second-order valence-corrected chi connectivity index (χ2v) is 4.49. The number of guanidine groups is 1. The van der Waals surface area contributed by atoms with Gasteiger partial charge >= 0.3 is 0 Å². The summed E-state index contributed by atoms with van der Waals surface area (Å²) in [5, 5.41) is 6.52. The van der Waals surface area contributed by atoms with Crippen molar-refractivity contribution >= 4 is 5.96 Å². The fourth-order valence-corrected chi connectivity index (χ4v) is 1.73. The highest BCUT2D eigenvalue weighted by Crippen LogP contribution is 2.07. The summed E-state index contributed by atoms with van der Waals surface area (Å²) in [6.07, 6.45) is 1.90. The van der Waals surface area contributed by atoms with Gasteiger partial charge in [-0.1, -0.05) is 18.2 Å². The van der Waals surface area contributed by atoms with E-state index in [-0.39, 0.29) is 0 Å². The van der Waals surface area contributed by atoms with E-state index in [0.717, 1.165) is 50.9 Å². The first-order chi connectivity index (χ1) is 10.4. The Labute approximate surface area is 127 Å². The molecule has 0 aliphatic rings. The zero-order valence-corrected chi connectivity index (χ0v) is 13.1. The standard InChI is InChI=1S/C16H27N3O2/c1-3-20-13-7-11-18-16(17-2)19-12-8-14-21-15-9-5-4-6-10-15/h4-6,9-10H,3,7-8,11-14H2,1-2H3,(H2,17,18,19). The molecule has 2 N–H and O–H groups in total. The molecule has 0 saturated carbocycles. The lowest BCUT2D eigenvalue weighted by molar-refractivity contribution is 0.145. The molecule has 21 heavy (non-hydrogen) atoms. The van der Waals surface area contributed by atoms with Crippen LogP contribution in [0.25, 0.3) is 0 Å². The Kier molecular flexibility index (Phi) is 9.91. The third-order valence-electron chi connectivity index (χ3n) is 2.81. The van der Waals surface area contributed by atoms with Crippen molar-refractivity contribution in [2.24, 2.45) is 4.99 Å². The maximum atomic E-state index is 5.63. The zero-order chi connectivity index (χ0) is 15.2. The number of nitrogens with one attached hydrogen (secondary N) is 2. The fourth-order valence-electron chi connectivity index (χ4n) is 1.73. The molecule has 1 aromatic carbocycles. The maximum absolute atomic E-state index is 5.63. The molecular formula is C16H27N3O2. The Balaban J connectivity index is 2.02. The molecule has 0 fully saturated rings. The molecule has 0 aromatic heterocycles. The van der Waals surface area contributed by atoms with Gasteiger partial charge in [-0.05, 0) is 31.9 Å². The van der Waals surface area contributed by atoms with E-state index in [0.29, 0.717) is 6.61 Å². The minimum absolute atomic E-state index is 0.693. The van der Waals surface area contributed by atoms with Crippen LogP contribution in [0.3, 0.4) is 0 Å². The first-order valence-electron chi connectivity index (χ1n) is 7.57. The molecule has 0 amide bonds. The van der Waals surface area contributed by atoms with Crippen molar-refractivity contribution in [2.75, 3.05) is 40.0 Å². The highest BCUT2D eigenvalue weighted by Gasteiger charge is 1.97. The van der Waals surface area contributed by atoms with E-state index in [1.165, 1.54) is 0 Å². The molecule has 0 spiro atoms. The van der Waals surface area contributed by atoms with Gasteiger partial charge < -0.3 is 20.1 Å². The van der Waals surface area contributed by atoms with Gasteiger partial charge in [-0.2, -0.15) is 0 Å². The van der Waals surface area contributed by atoms with E-state index in [9.17, 15) is 0 Å². The van der Waals surface area contributed by atoms with Crippen molar-refractivity contribution in [3.8, 4) is 5.75 Å². The summed E-state index contributed by atoms with van der Waals surface area (Å²) in [5.41, 5.74) is 0. The fraction of sp³-hybridized carbons (Fsp3) is 0.562. The maximum Gasteiger partial charge on any atom is 0.190 e. The molecule has 0 aliphatic heterocycles. The third kappa shape index (κ3) is 8.92. The summed E-state index contributed by atoms with van der Waals surface area (Å²) < 4.78 is 10.9. The molecule has 5 heteroatoms. The highest BCUT2D eigenvalue weighted by molar-refractivity contribution is 5.79. The lowest BCUT2D eigenvalue weighted by atomic mass is 10.3. The largest absolute Gasteiger partial charge is 0.494 e. The molecule has 0 unspecified atom stereocenters. The van der Waals surface area contributed by atoms with Crippen LogP contribution in [-0.2, 0) is 4.74 Å². The number of nitrogens with zero attached hydrogens (tertiary/aromatic N) is 1. The predicted octanol–water partition coefficient (Wildman–Crippen LogP) is 2.05.